The number of rotatable bonds is 16. The molecule has 0 saturated carbocycles. The van der Waals surface area contributed by atoms with Gasteiger partial charge in [-0.25, -0.2) is 8.86 Å². The Labute approximate surface area is 259 Å². The number of aliphatic hydroxyl groups is 2. The maximum atomic E-state index is 12.9. The molecule has 0 bridgehead atoms. The van der Waals surface area contributed by atoms with Crippen LogP contribution >= 0.6 is 0 Å². The normalized spacial score (nSPS) is 19.6. The molecule has 1 aromatic carbocycles. The van der Waals surface area contributed by atoms with Crippen molar-refractivity contribution in [1.82, 2.24) is 20.3 Å². The summed E-state index contributed by atoms with van der Waals surface area (Å²) in [6, 6.07) is 3.93. The lowest BCUT2D eigenvalue weighted by Crippen LogP contribution is -2.44. The van der Waals surface area contributed by atoms with Gasteiger partial charge in [-0.15, -0.1) is 5.10 Å². The highest BCUT2D eigenvalue weighted by atomic mass is 32.3. The number of aliphatic hydroxyl groups excluding tert-OH is 2. The lowest BCUT2D eigenvalue weighted by atomic mass is 10.0. The minimum absolute atomic E-state index is 0.0106. The van der Waals surface area contributed by atoms with Crippen LogP contribution in [-0.2, 0) is 36.0 Å². The van der Waals surface area contributed by atoms with Crippen molar-refractivity contribution in [1.29, 1.82) is 0 Å². The van der Waals surface area contributed by atoms with Gasteiger partial charge in [0.05, 0.1) is 36.7 Å². The second kappa shape index (κ2) is 15.0. The Morgan fingerprint density at radius 2 is 1.91 bits per heavy atom. The summed E-state index contributed by atoms with van der Waals surface area (Å²) < 4.78 is 52.3. The molecule has 248 valence electrons. The van der Waals surface area contributed by atoms with Gasteiger partial charge in [-0.3, -0.25) is 4.79 Å². The van der Waals surface area contributed by atoms with Gasteiger partial charge in [0.1, 0.15) is 6.10 Å². The summed E-state index contributed by atoms with van der Waals surface area (Å²) in [7, 11) is -3.54. The van der Waals surface area contributed by atoms with E-state index >= 15 is 0 Å². The highest BCUT2D eigenvalue weighted by Crippen LogP contribution is 2.32. The summed E-state index contributed by atoms with van der Waals surface area (Å²) in [4.78, 5) is 12.9. The zero-order valence-corrected chi connectivity index (χ0v) is 27.3. The van der Waals surface area contributed by atoms with Gasteiger partial charge in [0.25, 0.3) is 5.91 Å². The number of carbonyl (C=O) groups excluding carboxylic acids is 1. The van der Waals surface area contributed by atoms with Crippen molar-refractivity contribution in [3.05, 3.63) is 35.7 Å². The fourth-order valence-corrected chi connectivity index (χ4v) is 4.84. The molecule has 1 fully saturated rings. The fraction of sp³-hybridized carbons (Fsp3) is 0.690. The van der Waals surface area contributed by atoms with Crippen molar-refractivity contribution in [2.45, 2.75) is 96.9 Å². The second-order valence-electron chi connectivity index (χ2n) is 12.5. The van der Waals surface area contributed by atoms with E-state index in [0.717, 1.165) is 19.2 Å². The first kappa shape index (κ1) is 35.7. The second-order valence-corrected chi connectivity index (χ2v) is 13.8. The van der Waals surface area contributed by atoms with Gasteiger partial charge in [0, 0.05) is 31.3 Å². The first-order chi connectivity index (χ1) is 20.5. The number of carbonyl (C=O) groups is 1. The zero-order chi connectivity index (χ0) is 32.7. The van der Waals surface area contributed by atoms with Gasteiger partial charge >= 0.3 is 10.4 Å². The van der Waals surface area contributed by atoms with Gasteiger partial charge in [-0.2, -0.15) is 8.42 Å². The number of hydrogen-bond donors (Lipinski definition) is 3. The third-order valence-corrected chi connectivity index (χ3v) is 7.92. The van der Waals surface area contributed by atoms with E-state index in [1.165, 1.54) is 18.2 Å². The van der Waals surface area contributed by atoms with E-state index in [1.807, 2.05) is 24.7 Å². The molecule has 2 heterocycles. The predicted molar refractivity (Wildman–Crippen MR) is 159 cm³/mol. The molecular weight excluding hydrogens is 596 g/mol. The molecule has 3 N–H and O–H groups in total. The molecule has 44 heavy (non-hydrogen) atoms. The van der Waals surface area contributed by atoms with Gasteiger partial charge in [-0.1, -0.05) is 19.1 Å². The topological polar surface area (TPSA) is 181 Å². The number of nitrogens with one attached hydrogen (secondary N) is 1. The van der Waals surface area contributed by atoms with Crippen LogP contribution in [0, 0.1) is 5.92 Å². The summed E-state index contributed by atoms with van der Waals surface area (Å²) in [5.41, 5.74) is 0.232. The summed E-state index contributed by atoms with van der Waals surface area (Å²) in [5.74, 6) is -0.427. The van der Waals surface area contributed by atoms with Gasteiger partial charge < -0.3 is 33.9 Å². The van der Waals surface area contributed by atoms with Crippen molar-refractivity contribution < 1.29 is 46.0 Å². The van der Waals surface area contributed by atoms with E-state index in [9.17, 15) is 23.4 Å². The van der Waals surface area contributed by atoms with Crippen molar-refractivity contribution in [2.75, 3.05) is 26.9 Å². The first-order valence-electron chi connectivity index (χ1n) is 14.6. The Bertz CT molecular complexity index is 1350. The van der Waals surface area contributed by atoms with Crippen LogP contribution in [0.3, 0.4) is 0 Å². The molecule has 15 heteroatoms. The molecule has 14 nitrogen and oxygen atoms in total. The van der Waals surface area contributed by atoms with E-state index in [2.05, 4.69) is 47.5 Å². The summed E-state index contributed by atoms with van der Waals surface area (Å²) in [6.07, 6.45) is 0.868. The Kier molecular flexibility index (Phi) is 12.1. The van der Waals surface area contributed by atoms with Crippen LogP contribution in [0.25, 0.3) is 0 Å². The van der Waals surface area contributed by atoms with E-state index in [1.54, 1.807) is 0 Å². The average molecular weight is 643 g/mol. The van der Waals surface area contributed by atoms with E-state index < -0.39 is 40.4 Å². The molecule has 1 saturated heterocycles. The minimum Gasteiger partial charge on any atom is -0.458 e. The number of benzene rings is 1. The molecule has 2 aromatic rings. The highest BCUT2D eigenvalue weighted by molar-refractivity contribution is 7.82. The van der Waals surface area contributed by atoms with Crippen molar-refractivity contribution in [3.8, 4) is 11.5 Å². The summed E-state index contributed by atoms with van der Waals surface area (Å²) >= 11 is 0. The number of hydrogen-bond acceptors (Lipinski definition) is 12. The molecule has 0 spiro atoms. The van der Waals surface area contributed by atoms with Crippen LogP contribution in [-0.4, -0.2) is 90.5 Å². The Morgan fingerprint density at radius 3 is 2.57 bits per heavy atom. The quantitative estimate of drug-likeness (QED) is 0.244. The third-order valence-electron chi connectivity index (χ3n) is 7.12. The summed E-state index contributed by atoms with van der Waals surface area (Å²) in [6.45, 7) is 13.0. The van der Waals surface area contributed by atoms with Crippen LogP contribution in [0.1, 0.15) is 76.9 Å². The molecule has 0 aliphatic carbocycles. The van der Waals surface area contributed by atoms with Crippen molar-refractivity contribution >= 4 is 16.3 Å². The van der Waals surface area contributed by atoms with E-state index in [4.69, 9.17) is 18.4 Å². The average Bonchev–Trinajstić information content (AvgIpc) is 3.39. The maximum absolute atomic E-state index is 12.9. The molecule has 1 aliphatic rings. The predicted octanol–water partition coefficient (Wildman–Crippen LogP) is 2.33. The van der Waals surface area contributed by atoms with Crippen molar-refractivity contribution in [3.63, 3.8) is 0 Å². The number of ether oxygens (including phenoxy) is 3. The molecule has 1 unspecified atom stereocenters. The Hall–Kier alpha value is -2.82. The Balaban J connectivity index is 1.56. The van der Waals surface area contributed by atoms with Gasteiger partial charge in [0.15, 0.2) is 11.5 Å². The van der Waals surface area contributed by atoms with Crippen molar-refractivity contribution in [2.24, 2.45) is 5.92 Å². The van der Waals surface area contributed by atoms with Gasteiger partial charge in [0.2, 0.25) is 6.29 Å². The molecule has 3 rings (SSSR count). The van der Waals surface area contributed by atoms with Gasteiger partial charge in [-0.05, 0) is 71.1 Å². The first-order valence-corrected chi connectivity index (χ1v) is 16.0. The smallest absolute Gasteiger partial charge is 0.448 e. The molecular formula is C29H46N4O10S. The number of nitrogens with zero attached hydrogens (tertiary/aromatic N) is 3. The van der Waals surface area contributed by atoms with Crippen LogP contribution in [0.2, 0.25) is 0 Å². The van der Waals surface area contributed by atoms with E-state index in [-0.39, 0.29) is 42.2 Å². The maximum Gasteiger partial charge on any atom is 0.448 e. The van der Waals surface area contributed by atoms with Crippen LogP contribution in [0.4, 0.5) is 0 Å². The third kappa shape index (κ3) is 10.7. The molecule has 1 amide bonds. The standard InChI is InChI=1S/C29H46N4O10S/c1-19(2)14-21-17-33(32-31-21)28(3,4)11-13-41-29(5,6)10-12-30-26(36)20-8-9-24(25(15-20)43-44(37,38)39-7)42-27-23(35)16-22(34)18-40-27/h8-9,15,17,19,22-23,27,34-35H,10-14,16,18H2,1-7H3,(H,30,36)/t22-,23?,27+/m1/s1. The van der Waals surface area contributed by atoms with Crippen LogP contribution in [0.5, 0.6) is 11.5 Å². The highest BCUT2D eigenvalue weighted by Gasteiger charge is 2.32. The Morgan fingerprint density at radius 1 is 1.18 bits per heavy atom. The monoisotopic (exact) mass is 642 g/mol. The lowest BCUT2D eigenvalue weighted by molar-refractivity contribution is -0.199. The van der Waals surface area contributed by atoms with Crippen LogP contribution < -0.4 is 14.2 Å². The zero-order valence-electron chi connectivity index (χ0n) is 26.5. The largest absolute Gasteiger partial charge is 0.458 e. The fourth-order valence-electron chi connectivity index (χ4n) is 4.42. The SMILES string of the molecule is COS(=O)(=O)Oc1cc(C(=O)NCCC(C)(C)OCCC(C)(C)n2cc(CC(C)C)nn2)ccc1O[C@@H]1OC[C@H](O)CC1O. The van der Waals surface area contributed by atoms with E-state index in [0.29, 0.717) is 25.4 Å². The van der Waals surface area contributed by atoms with Crippen LogP contribution in [0.15, 0.2) is 24.4 Å². The number of amides is 1. The molecule has 1 aliphatic heterocycles. The number of aromatic nitrogens is 3. The molecule has 0 radical (unpaired) electrons. The summed E-state index contributed by atoms with van der Waals surface area (Å²) in [5, 5.41) is 31.2. The molecule has 1 aromatic heterocycles. The lowest BCUT2D eigenvalue weighted by Gasteiger charge is -2.31. The molecule has 3 atom stereocenters. The minimum atomic E-state index is -4.46.